The number of hydrogen-bond donors (Lipinski definition) is 0. The fourth-order valence-corrected chi connectivity index (χ4v) is 3.25. The van der Waals surface area contributed by atoms with Crippen LogP contribution in [0, 0.1) is 5.82 Å². The summed E-state index contributed by atoms with van der Waals surface area (Å²) in [5.74, 6) is 0.0539. The summed E-state index contributed by atoms with van der Waals surface area (Å²) in [4.78, 5) is 8.74. The van der Waals surface area contributed by atoms with E-state index in [-0.39, 0.29) is 17.8 Å². The molecule has 0 amide bonds. The zero-order valence-electron chi connectivity index (χ0n) is 14.2. The molecular formula is C20H15FN4O2. The Labute approximate surface area is 154 Å². The number of hydrogen-bond acceptors (Lipinski definition) is 5. The Morgan fingerprint density at radius 1 is 1.04 bits per heavy atom. The fraction of sp³-hybridized carbons (Fsp3) is 0.150. The Hall–Kier alpha value is -3.32. The molecule has 0 N–H and O–H groups in total. The molecule has 0 unspecified atom stereocenters. The van der Waals surface area contributed by atoms with Crippen LogP contribution in [-0.4, -0.2) is 19.7 Å². The fourth-order valence-electron chi connectivity index (χ4n) is 3.25. The van der Waals surface area contributed by atoms with Crippen molar-refractivity contribution in [3.63, 3.8) is 0 Å². The largest absolute Gasteiger partial charge is 0.365 e. The summed E-state index contributed by atoms with van der Waals surface area (Å²) < 4.78 is 27.3. The van der Waals surface area contributed by atoms with Crippen LogP contribution in [-0.2, 0) is 17.9 Å². The summed E-state index contributed by atoms with van der Waals surface area (Å²) >= 11 is 0. The lowest BCUT2D eigenvalue weighted by molar-refractivity contribution is 0.00330. The molecule has 1 aliphatic rings. The Morgan fingerprint density at radius 2 is 1.85 bits per heavy atom. The van der Waals surface area contributed by atoms with Gasteiger partial charge in [-0.15, -0.1) is 0 Å². The smallest absolute Gasteiger partial charge is 0.278 e. The van der Waals surface area contributed by atoms with Crippen LogP contribution >= 0.6 is 0 Å². The van der Waals surface area contributed by atoms with Gasteiger partial charge in [0.2, 0.25) is 5.82 Å². The first-order chi connectivity index (χ1) is 13.3. The molecule has 3 heterocycles. The Morgan fingerprint density at radius 3 is 2.70 bits per heavy atom. The van der Waals surface area contributed by atoms with E-state index in [1.807, 2.05) is 34.9 Å². The molecule has 0 fully saturated rings. The summed E-state index contributed by atoms with van der Waals surface area (Å²) in [5, 5.41) is 3.90. The second kappa shape index (κ2) is 6.44. The minimum atomic E-state index is -0.397. The monoisotopic (exact) mass is 362 g/mol. The van der Waals surface area contributed by atoms with E-state index in [9.17, 15) is 4.39 Å². The Bertz CT molecular complexity index is 1090. The highest BCUT2D eigenvalue weighted by Crippen LogP contribution is 2.32. The van der Waals surface area contributed by atoms with E-state index < -0.39 is 5.82 Å². The third kappa shape index (κ3) is 2.82. The molecule has 5 rings (SSSR count). The highest BCUT2D eigenvalue weighted by Gasteiger charge is 2.26. The van der Waals surface area contributed by atoms with Crippen molar-refractivity contribution in [1.82, 2.24) is 19.7 Å². The summed E-state index contributed by atoms with van der Waals surface area (Å²) in [6, 6.07) is 16.4. The average Bonchev–Trinajstić information content (AvgIpc) is 3.35. The average molecular weight is 362 g/mol. The third-order valence-corrected chi connectivity index (χ3v) is 4.64. The summed E-state index contributed by atoms with van der Waals surface area (Å²) in [5.41, 5.74) is 2.85. The van der Waals surface area contributed by atoms with Crippen molar-refractivity contribution in [1.29, 1.82) is 0 Å². The molecule has 1 aliphatic heterocycles. The minimum Gasteiger partial charge on any atom is -0.365 e. The highest BCUT2D eigenvalue weighted by molar-refractivity contribution is 5.59. The zero-order valence-corrected chi connectivity index (χ0v) is 14.2. The highest BCUT2D eigenvalue weighted by atomic mass is 19.1. The normalized spacial score (nSPS) is 16.3. The first kappa shape index (κ1) is 15.9. The van der Waals surface area contributed by atoms with Crippen molar-refractivity contribution in [2.24, 2.45) is 0 Å². The van der Waals surface area contributed by atoms with Gasteiger partial charge in [-0.05, 0) is 17.7 Å². The molecule has 134 valence electrons. The van der Waals surface area contributed by atoms with Crippen molar-refractivity contribution < 1.29 is 13.7 Å². The maximum atomic E-state index is 13.9. The van der Waals surface area contributed by atoms with Crippen molar-refractivity contribution in [2.75, 3.05) is 0 Å². The van der Waals surface area contributed by atoms with Gasteiger partial charge in [0, 0.05) is 0 Å². The Balaban J connectivity index is 1.44. The van der Waals surface area contributed by atoms with Crippen molar-refractivity contribution in [2.45, 2.75) is 19.3 Å². The van der Waals surface area contributed by atoms with Gasteiger partial charge in [0.25, 0.3) is 5.89 Å². The maximum absolute atomic E-state index is 13.9. The maximum Gasteiger partial charge on any atom is 0.278 e. The number of aromatic nitrogens is 4. The Kier molecular flexibility index (Phi) is 3.79. The number of rotatable bonds is 3. The number of imidazole rings is 1. The molecule has 27 heavy (non-hydrogen) atoms. The van der Waals surface area contributed by atoms with Crippen LogP contribution in [0.4, 0.5) is 4.39 Å². The van der Waals surface area contributed by atoms with Gasteiger partial charge >= 0.3 is 0 Å². The second-order valence-electron chi connectivity index (χ2n) is 6.31. The summed E-state index contributed by atoms with van der Waals surface area (Å²) in [6.45, 7) is 1.03. The van der Waals surface area contributed by atoms with Gasteiger partial charge in [0.05, 0.1) is 30.7 Å². The number of nitrogens with zero attached hydrogens (tertiary/aromatic N) is 4. The molecule has 0 saturated heterocycles. The van der Waals surface area contributed by atoms with Crippen molar-refractivity contribution >= 4 is 0 Å². The van der Waals surface area contributed by atoms with E-state index in [1.54, 1.807) is 24.5 Å². The summed E-state index contributed by atoms with van der Waals surface area (Å²) in [6.07, 6.45) is 1.72. The quantitative estimate of drug-likeness (QED) is 0.551. The van der Waals surface area contributed by atoms with Crippen LogP contribution in [0.15, 0.2) is 65.4 Å². The van der Waals surface area contributed by atoms with Gasteiger partial charge in [0.15, 0.2) is 5.69 Å². The molecule has 0 bridgehead atoms. The van der Waals surface area contributed by atoms with E-state index in [0.29, 0.717) is 24.4 Å². The van der Waals surface area contributed by atoms with Gasteiger partial charge in [-0.2, -0.15) is 4.98 Å². The minimum absolute atomic E-state index is 0.0302. The van der Waals surface area contributed by atoms with Crippen LogP contribution in [0.1, 0.15) is 17.4 Å². The van der Waals surface area contributed by atoms with Crippen LogP contribution < -0.4 is 0 Å². The van der Waals surface area contributed by atoms with Crippen molar-refractivity contribution in [3.05, 3.63) is 78.0 Å². The number of benzene rings is 2. The van der Waals surface area contributed by atoms with Crippen LogP contribution in [0.2, 0.25) is 0 Å². The molecule has 2 aromatic heterocycles. The van der Waals surface area contributed by atoms with Crippen LogP contribution in [0.5, 0.6) is 0 Å². The third-order valence-electron chi connectivity index (χ3n) is 4.64. The van der Waals surface area contributed by atoms with E-state index in [2.05, 4.69) is 15.1 Å². The summed E-state index contributed by atoms with van der Waals surface area (Å²) in [7, 11) is 0. The second-order valence-corrected chi connectivity index (χ2v) is 6.31. The molecule has 0 spiro atoms. The molecule has 4 aromatic rings. The molecule has 0 aliphatic carbocycles. The molecular weight excluding hydrogens is 347 g/mol. The van der Waals surface area contributed by atoms with Gasteiger partial charge < -0.3 is 13.8 Å². The van der Waals surface area contributed by atoms with Gasteiger partial charge in [-0.3, -0.25) is 0 Å². The number of ether oxygens (including phenoxy) is 1. The van der Waals surface area contributed by atoms with Gasteiger partial charge in [0.1, 0.15) is 11.9 Å². The molecule has 7 heteroatoms. The SMILES string of the molecule is Fc1ccccc1-c1noc(-c2ncn3c2CO[C@@H](c2ccccc2)C3)n1. The lowest BCUT2D eigenvalue weighted by Gasteiger charge is -2.25. The van der Waals surface area contributed by atoms with E-state index in [1.165, 1.54) is 6.07 Å². The molecule has 0 saturated carbocycles. The predicted molar refractivity (Wildman–Crippen MR) is 94.9 cm³/mol. The van der Waals surface area contributed by atoms with Gasteiger partial charge in [-0.1, -0.05) is 47.6 Å². The standard InChI is InChI=1S/C20H15FN4O2/c21-15-9-5-4-8-14(15)19-23-20(27-24-19)18-16-11-26-17(10-25(16)12-22-18)13-6-2-1-3-7-13/h1-9,12,17H,10-11H2/t17-/m1/s1. The predicted octanol–water partition coefficient (Wildman–Crippen LogP) is 4.01. The first-order valence-corrected chi connectivity index (χ1v) is 8.59. The molecule has 6 nitrogen and oxygen atoms in total. The molecule has 0 radical (unpaired) electrons. The number of fused-ring (bicyclic) bond motifs is 1. The van der Waals surface area contributed by atoms with E-state index in [4.69, 9.17) is 9.26 Å². The lowest BCUT2D eigenvalue weighted by atomic mass is 10.1. The van der Waals surface area contributed by atoms with Crippen LogP contribution in [0.3, 0.4) is 0 Å². The van der Waals surface area contributed by atoms with Gasteiger partial charge in [-0.25, -0.2) is 9.37 Å². The molecule has 1 atom stereocenters. The van der Waals surface area contributed by atoms with Crippen LogP contribution in [0.25, 0.3) is 23.0 Å². The number of halogens is 1. The first-order valence-electron chi connectivity index (χ1n) is 8.59. The lowest BCUT2D eigenvalue weighted by Crippen LogP contribution is -2.20. The zero-order chi connectivity index (χ0) is 18.2. The van der Waals surface area contributed by atoms with E-state index >= 15 is 0 Å². The van der Waals surface area contributed by atoms with Crippen molar-refractivity contribution in [3.8, 4) is 23.0 Å². The van der Waals surface area contributed by atoms with E-state index in [0.717, 1.165) is 11.3 Å². The topological polar surface area (TPSA) is 66.0 Å². The molecule has 2 aromatic carbocycles.